The molecule has 50 valence electrons. The number of hydrogen-bond acceptors (Lipinski definition) is 1. The third kappa shape index (κ3) is 3.74. The third-order valence-electron chi connectivity index (χ3n) is 0.895. The summed E-state index contributed by atoms with van der Waals surface area (Å²) >= 11 is 0. The van der Waals surface area contributed by atoms with Crippen molar-refractivity contribution in [3.63, 3.8) is 0 Å². The number of rotatable bonds is 3. The number of hydrogen-bond donors (Lipinski definition) is 1. The zero-order valence-electron chi connectivity index (χ0n) is 5.67. The van der Waals surface area contributed by atoms with Crippen LogP contribution in [-0.4, -0.2) is 11.7 Å². The first-order valence-corrected chi connectivity index (χ1v) is 2.90. The van der Waals surface area contributed by atoms with E-state index < -0.39 is 0 Å². The van der Waals surface area contributed by atoms with Crippen LogP contribution >= 0.6 is 0 Å². The normalized spacial score (nSPS) is 12.4. The SMILES string of the molecule is C=C/C=C(\C=C/C)CO. The molecule has 1 heteroatoms. The Labute approximate surface area is 56.0 Å². The van der Waals surface area contributed by atoms with Crippen LogP contribution in [0.15, 0.2) is 36.5 Å². The maximum absolute atomic E-state index is 8.62. The molecule has 0 unspecified atom stereocenters. The van der Waals surface area contributed by atoms with Gasteiger partial charge in [0, 0.05) is 0 Å². The molecule has 0 aliphatic rings. The van der Waals surface area contributed by atoms with Gasteiger partial charge in [-0.2, -0.15) is 0 Å². The predicted octanol–water partition coefficient (Wildman–Crippen LogP) is 1.67. The largest absolute Gasteiger partial charge is 0.392 e. The van der Waals surface area contributed by atoms with Crippen LogP contribution < -0.4 is 0 Å². The third-order valence-corrected chi connectivity index (χ3v) is 0.895. The minimum atomic E-state index is 0.0797. The van der Waals surface area contributed by atoms with Crippen LogP contribution in [0.5, 0.6) is 0 Å². The molecule has 0 radical (unpaired) electrons. The Morgan fingerprint density at radius 3 is 2.67 bits per heavy atom. The lowest BCUT2D eigenvalue weighted by atomic mass is 10.2. The Kier molecular flexibility index (Phi) is 4.83. The standard InChI is InChI=1S/C8H12O/c1-3-5-8(7-9)6-4-2/h3-6,9H,1,7H2,2H3/b6-4-,8-5+. The van der Waals surface area contributed by atoms with Crippen molar-refractivity contribution in [2.75, 3.05) is 6.61 Å². The summed E-state index contributed by atoms with van der Waals surface area (Å²) in [5.74, 6) is 0. The van der Waals surface area contributed by atoms with Gasteiger partial charge in [-0.1, -0.05) is 30.9 Å². The van der Waals surface area contributed by atoms with Crippen molar-refractivity contribution in [1.82, 2.24) is 0 Å². The van der Waals surface area contributed by atoms with E-state index in [4.69, 9.17) is 5.11 Å². The lowest BCUT2D eigenvalue weighted by molar-refractivity contribution is 0.335. The minimum absolute atomic E-state index is 0.0797. The maximum atomic E-state index is 8.62. The van der Waals surface area contributed by atoms with Crippen molar-refractivity contribution in [3.05, 3.63) is 36.5 Å². The van der Waals surface area contributed by atoms with Crippen LogP contribution in [0.3, 0.4) is 0 Å². The highest BCUT2D eigenvalue weighted by Crippen LogP contribution is 1.94. The molecule has 0 fully saturated rings. The van der Waals surface area contributed by atoms with Gasteiger partial charge < -0.3 is 5.11 Å². The van der Waals surface area contributed by atoms with Gasteiger partial charge >= 0.3 is 0 Å². The maximum Gasteiger partial charge on any atom is 0.0681 e. The molecule has 0 spiro atoms. The van der Waals surface area contributed by atoms with E-state index in [1.54, 1.807) is 12.2 Å². The Bertz CT molecular complexity index is 132. The first-order chi connectivity index (χ1) is 4.35. The van der Waals surface area contributed by atoms with Gasteiger partial charge in [0.2, 0.25) is 0 Å². The van der Waals surface area contributed by atoms with Crippen LogP contribution in [0.25, 0.3) is 0 Å². The molecule has 0 heterocycles. The van der Waals surface area contributed by atoms with Crippen molar-refractivity contribution in [2.45, 2.75) is 6.92 Å². The summed E-state index contributed by atoms with van der Waals surface area (Å²) in [4.78, 5) is 0. The fourth-order valence-electron chi connectivity index (χ4n) is 0.526. The van der Waals surface area contributed by atoms with Crippen LogP contribution in [0.2, 0.25) is 0 Å². The Hall–Kier alpha value is -0.820. The number of aliphatic hydroxyl groups excluding tert-OH is 1. The van der Waals surface area contributed by atoms with Crippen molar-refractivity contribution in [3.8, 4) is 0 Å². The van der Waals surface area contributed by atoms with E-state index in [9.17, 15) is 0 Å². The van der Waals surface area contributed by atoms with E-state index in [1.165, 1.54) is 0 Å². The fraction of sp³-hybridized carbons (Fsp3) is 0.250. The Balaban J connectivity index is 3.96. The van der Waals surface area contributed by atoms with Gasteiger partial charge in [-0.25, -0.2) is 0 Å². The highest BCUT2D eigenvalue weighted by Gasteiger charge is 1.82. The molecular formula is C8H12O. The van der Waals surface area contributed by atoms with Gasteiger partial charge in [0.05, 0.1) is 6.61 Å². The average Bonchev–Trinajstić information content (AvgIpc) is 1.88. The van der Waals surface area contributed by atoms with Crippen molar-refractivity contribution >= 4 is 0 Å². The molecule has 0 aliphatic heterocycles. The van der Waals surface area contributed by atoms with E-state index >= 15 is 0 Å². The van der Waals surface area contributed by atoms with E-state index in [1.807, 2.05) is 19.1 Å². The zero-order chi connectivity index (χ0) is 7.11. The molecule has 1 N–H and O–H groups in total. The molecule has 0 aromatic rings. The molecule has 0 aliphatic carbocycles. The Morgan fingerprint density at radius 2 is 2.33 bits per heavy atom. The summed E-state index contributed by atoms with van der Waals surface area (Å²) < 4.78 is 0. The molecule has 0 rings (SSSR count). The van der Waals surface area contributed by atoms with Gasteiger partial charge in [0.15, 0.2) is 0 Å². The van der Waals surface area contributed by atoms with Crippen LogP contribution in [-0.2, 0) is 0 Å². The first-order valence-electron chi connectivity index (χ1n) is 2.90. The van der Waals surface area contributed by atoms with Gasteiger partial charge in [0.25, 0.3) is 0 Å². The minimum Gasteiger partial charge on any atom is -0.392 e. The molecule has 0 aromatic heterocycles. The van der Waals surface area contributed by atoms with E-state index in [2.05, 4.69) is 6.58 Å². The quantitative estimate of drug-likeness (QED) is 0.567. The molecule has 0 bridgehead atoms. The van der Waals surface area contributed by atoms with Crippen molar-refractivity contribution in [2.24, 2.45) is 0 Å². The molecule has 0 saturated carbocycles. The average molecular weight is 124 g/mol. The first kappa shape index (κ1) is 8.18. The zero-order valence-corrected chi connectivity index (χ0v) is 5.67. The van der Waals surface area contributed by atoms with Crippen LogP contribution in [0.1, 0.15) is 6.92 Å². The van der Waals surface area contributed by atoms with E-state index in [-0.39, 0.29) is 6.61 Å². The number of allylic oxidation sites excluding steroid dienone is 3. The molecule has 1 nitrogen and oxygen atoms in total. The second-order valence-electron chi connectivity index (χ2n) is 1.64. The highest BCUT2D eigenvalue weighted by molar-refractivity contribution is 5.22. The molecule has 0 amide bonds. The van der Waals surface area contributed by atoms with Gasteiger partial charge in [-0.3, -0.25) is 0 Å². The summed E-state index contributed by atoms with van der Waals surface area (Å²) in [6.45, 7) is 5.50. The van der Waals surface area contributed by atoms with E-state index in [0.29, 0.717) is 0 Å². The molecule has 0 aromatic carbocycles. The molecule has 9 heavy (non-hydrogen) atoms. The van der Waals surface area contributed by atoms with Gasteiger partial charge in [-0.15, -0.1) is 0 Å². The number of aliphatic hydroxyl groups is 1. The van der Waals surface area contributed by atoms with Gasteiger partial charge in [0.1, 0.15) is 0 Å². The molecule has 0 atom stereocenters. The van der Waals surface area contributed by atoms with Crippen molar-refractivity contribution < 1.29 is 5.11 Å². The lowest BCUT2D eigenvalue weighted by Crippen LogP contribution is -1.83. The summed E-state index contributed by atoms with van der Waals surface area (Å²) in [6, 6.07) is 0. The predicted molar refractivity (Wildman–Crippen MR) is 40.2 cm³/mol. The summed E-state index contributed by atoms with van der Waals surface area (Å²) in [7, 11) is 0. The second-order valence-corrected chi connectivity index (χ2v) is 1.64. The fourth-order valence-corrected chi connectivity index (χ4v) is 0.526. The van der Waals surface area contributed by atoms with E-state index in [0.717, 1.165) is 5.57 Å². The summed E-state index contributed by atoms with van der Waals surface area (Å²) in [6.07, 6.45) is 7.17. The van der Waals surface area contributed by atoms with Crippen LogP contribution in [0, 0.1) is 0 Å². The molecule has 0 saturated heterocycles. The summed E-state index contributed by atoms with van der Waals surface area (Å²) in [5.41, 5.74) is 0.882. The monoisotopic (exact) mass is 124 g/mol. The summed E-state index contributed by atoms with van der Waals surface area (Å²) in [5, 5.41) is 8.62. The Morgan fingerprint density at radius 1 is 1.67 bits per heavy atom. The van der Waals surface area contributed by atoms with Gasteiger partial charge in [-0.05, 0) is 12.5 Å². The van der Waals surface area contributed by atoms with Crippen LogP contribution in [0.4, 0.5) is 0 Å². The topological polar surface area (TPSA) is 20.2 Å². The molecular weight excluding hydrogens is 112 g/mol. The van der Waals surface area contributed by atoms with Crippen molar-refractivity contribution in [1.29, 1.82) is 0 Å². The lowest BCUT2D eigenvalue weighted by Gasteiger charge is -1.90. The second kappa shape index (κ2) is 5.32. The highest BCUT2D eigenvalue weighted by atomic mass is 16.3. The smallest absolute Gasteiger partial charge is 0.0681 e.